The molecule has 0 radical (unpaired) electrons. The molecule has 1 aromatic rings. The number of carbonyl (C=O) groups excluding carboxylic acids is 2. The van der Waals surface area contributed by atoms with Crippen molar-refractivity contribution < 1.29 is 19.5 Å². The fraction of sp³-hybridized carbons (Fsp3) is 0.400. The number of hydrogen-bond donors (Lipinski definition) is 3. The van der Waals surface area contributed by atoms with Crippen LogP contribution in [0.15, 0.2) is 24.3 Å². The van der Waals surface area contributed by atoms with Gasteiger partial charge in [0.05, 0.1) is 0 Å². The van der Waals surface area contributed by atoms with Gasteiger partial charge in [-0.05, 0) is 30.0 Å². The summed E-state index contributed by atoms with van der Waals surface area (Å²) in [4.78, 5) is 34.1. The summed E-state index contributed by atoms with van der Waals surface area (Å²) in [5.41, 5.74) is 0.262. The Morgan fingerprint density at radius 2 is 1.86 bits per heavy atom. The summed E-state index contributed by atoms with van der Waals surface area (Å²) in [5, 5.41) is 14.5. The van der Waals surface area contributed by atoms with E-state index in [1.54, 1.807) is 31.2 Å². The van der Waals surface area contributed by atoms with Gasteiger partial charge in [0.15, 0.2) is 0 Å². The Balaban J connectivity index is 1.93. The fourth-order valence-electron chi connectivity index (χ4n) is 2.39. The second-order valence-corrected chi connectivity index (χ2v) is 5.44. The number of amides is 2. The number of hydrogen-bond acceptors (Lipinski definition) is 3. The molecule has 0 spiro atoms. The number of aliphatic carboxylic acids is 1. The number of carbonyl (C=O) groups is 3. The first-order valence-electron chi connectivity index (χ1n) is 6.74. The largest absolute Gasteiger partial charge is 0.480 e. The first-order valence-corrected chi connectivity index (χ1v) is 6.74. The van der Waals surface area contributed by atoms with E-state index >= 15 is 0 Å². The molecular formula is C15H18N2O4. The van der Waals surface area contributed by atoms with Crippen molar-refractivity contribution >= 4 is 23.5 Å². The monoisotopic (exact) mass is 290 g/mol. The van der Waals surface area contributed by atoms with Gasteiger partial charge in [0, 0.05) is 19.2 Å². The predicted octanol–water partition coefficient (Wildman–Crippen LogP) is 1.37. The molecule has 2 rings (SSSR count). The van der Waals surface area contributed by atoms with Crippen LogP contribution in [0, 0.1) is 11.3 Å². The van der Waals surface area contributed by atoms with Crippen molar-refractivity contribution in [2.45, 2.75) is 26.8 Å². The van der Waals surface area contributed by atoms with Gasteiger partial charge in [-0.1, -0.05) is 19.1 Å². The van der Waals surface area contributed by atoms with Gasteiger partial charge in [-0.15, -0.1) is 0 Å². The van der Waals surface area contributed by atoms with Crippen LogP contribution in [-0.4, -0.2) is 22.9 Å². The van der Waals surface area contributed by atoms with Crippen LogP contribution in [0.5, 0.6) is 0 Å². The minimum Gasteiger partial charge on any atom is -0.480 e. The topological polar surface area (TPSA) is 95.5 Å². The van der Waals surface area contributed by atoms with E-state index in [0.29, 0.717) is 12.1 Å². The van der Waals surface area contributed by atoms with E-state index in [0.717, 1.165) is 5.56 Å². The number of rotatable bonds is 5. The van der Waals surface area contributed by atoms with Gasteiger partial charge in [0.2, 0.25) is 11.8 Å². The molecule has 21 heavy (non-hydrogen) atoms. The zero-order valence-corrected chi connectivity index (χ0v) is 12.0. The molecule has 2 atom stereocenters. The summed E-state index contributed by atoms with van der Waals surface area (Å²) >= 11 is 0. The summed E-state index contributed by atoms with van der Waals surface area (Å²) in [6.07, 6.45) is 0.385. The first kappa shape index (κ1) is 15.0. The molecule has 1 saturated carbocycles. The maximum absolute atomic E-state index is 12.0. The molecule has 1 aliphatic carbocycles. The summed E-state index contributed by atoms with van der Waals surface area (Å²) in [5.74, 6) is -1.78. The Bertz CT molecular complexity index is 582. The number of nitrogens with one attached hydrogen (secondary N) is 2. The number of benzene rings is 1. The predicted molar refractivity (Wildman–Crippen MR) is 76.4 cm³/mol. The minimum atomic E-state index is -1.25. The highest BCUT2D eigenvalue weighted by molar-refractivity contribution is 6.05. The van der Waals surface area contributed by atoms with Gasteiger partial charge in [-0.3, -0.25) is 14.4 Å². The Kier molecular flexibility index (Phi) is 3.97. The quantitative estimate of drug-likeness (QED) is 0.714. The first-order chi connectivity index (χ1) is 9.86. The second-order valence-electron chi connectivity index (χ2n) is 5.44. The van der Waals surface area contributed by atoms with Crippen LogP contribution in [0.3, 0.4) is 0 Å². The molecule has 0 saturated heterocycles. The molecule has 1 aliphatic rings. The van der Waals surface area contributed by atoms with Crippen molar-refractivity contribution in [3.63, 3.8) is 0 Å². The molecular weight excluding hydrogens is 272 g/mol. The molecule has 0 aromatic heterocycles. The highest BCUT2D eigenvalue weighted by Crippen LogP contribution is 2.52. The lowest BCUT2D eigenvalue weighted by atomic mass is 10.0. The molecule has 112 valence electrons. The second kappa shape index (κ2) is 5.55. The minimum absolute atomic E-state index is 0.128. The average molecular weight is 290 g/mol. The van der Waals surface area contributed by atoms with Gasteiger partial charge < -0.3 is 15.7 Å². The summed E-state index contributed by atoms with van der Waals surface area (Å²) in [7, 11) is 0. The SMILES string of the molecule is CC(=O)Nc1ccc(CNC(=O)[C@]2(C(=O)O)C[C@H]2C)cc1. The third-order valence-corrected chi connectivity index (χ3v) is 3.82. The van der Waals surface area contributed by atoms with Crippen LogP contribution in [0.2, 0.25) is 0 Å². The van der Waals surface area contributed by atoms with Crippen molar-refractivity contribution in [3.05, 3.63) is 29.8 Å². The van der Waals surface area contributed by atoms with Crippen molar-refractivity contribution in [2.75, 3.05) is 5.32 Å². The van der Waals surface area contributed by atoms with Gasteiger partial charge in [-0.2, -0.15) is 0 Å². The fourth-order valence-corrected chi connectivity index (χ4v) is 2.39. The lowest BCUT2D eigenvalue weighted by Gasteiger charge is -2.12. The van der Waals surface area contributed by atoms with Gasteiger partial charge >= 0.3 is 5.97 Å². The molecule has 3 N–H and O–H groups in total. The molecule has 2 amide bonds. The Morgan fingerprint density at radius 3 is 2.29 bits per heavy atom. The Labute approximate surface area is 122 Å². The molecule has 6 nitrogen and oxygen atoms in total. The lowest BCUT2D eigenvalue weighted by molar-refractivity contribution is -0.149. The van der Waals surface area contributed by atoms with Crippen LogP contribution in [0.25, 0.3) is 0 Å². The molecule has 6 heteroatoms. The van der Waals surface area contributed by atoms with E-state index in [1.807, 2.05) is 0 Å². The van der Waals surface area contributed by atoms with Crippen LogP contribution < -0.4 is 10.6 Å². The van der Waals surface area contributed by atoms with E-state index < -0.39 is 17.3 Å². The van der Waals surface area contributed by atoms with E-state index in [-0.39, 0.29) is 18.4 Å². The van der Waals surface area contributed by atoms with E-state index in [2.05, 4.69) is 10.6 Å². The van der Waals surface area contributed by atoms with Crippen molar-refractivity contribution in [1.29, 1.82) is 0 Å². The number of anilines is 1. The third kappa shape index (κ3) is 3.04. The molecule has 0 heterocycles. The van der Waals surface area contributed by atoms with Gasteiger partial charge in [0.1, 0.15) is 5.41 Å². The van der Waals surface area contributed by atoms with E-state index in [4.69, 9.17) is 5.11 Å². The number of carboxylic acid groups (broad SMARTS) is 1. The molecule has 0 bridgehead atoms. The Morgan fingerprint density at radius 1 is 1.29 bits per heavy atom. The summed E-state index contributed by atoms with van der Waals surface area (Å²) in [6, 6.07) is 7.01. The van der Waals surface area contributed by atoms with E-state index in [9.17, 15) is 14.4 Å². The van der Waals surface area contributed by atoms with Crippen LogP contribution in [0.4, 0.5) is 5.69 Å². The van der Waals surface area contributed by atoms with Crippen molar-refractivity contribution in [2.24, 2.45) is 11.3 Å². The Hall–Kier alpha value is -2.37. The smallest absolute Gasteiger partial charge is 0.319 e. The standard InChI is InChI=1S/C15H18N2O4/c1-9-7-15(9,14(20)21)13(19)16-8-11-3-5-12(6-4-11)17-10(2)18/h3-6,9H,7-8H2,1-2H3,(H,16,19)(H,17,18)(H,20,21)/t9-,15+/m1/s1. The number of carboxylic acids is 1. The summed E-state index contributed by atoms with van der Waals surface area (Å²) < 4.78 is 0. The zero-order valence-electron chi connectivity index (χ0n) is 12.0. The molecule has 0 unspecified atom stereocenters. The highest BCUT2D eigenvalue weighted by Gasteiger charge is 2.63. The van der Waals surface area contributed by atoms with Crippen LogP contribution in [0.1, 0.15) is 25.8 Å². The highest BCUT2D eigenvalue weighted by atomic mass is 16.4. The normalized spacial score (nSPS) is 23.2. The molecule has 1 fully saturated rings. The van der Waals surface area contributed by atoms with Crippen LogP contribution >= 0.6 is 0 Å². The van der Waals surface area contributed by atoms with Crippen molar-refractivity contribution in [1.82, 2.24) is 5.32 Å². The van der Waals surface area contributed by atoms with E-state index in [1.165, 1.54) is 6.92 Å². The average Bonchev–Trinajstić information content (AvgIpc) is 3.10. The van der Waals surface area contributed by atoms with Crippen molar-refractivity contribution in [3.8, 4) is 0 Å². The third-order valence-electron chi connectivity index (χ3n) is 3.82. The lowest BCUT2D eigenvalue weighted by Crippen LogP contribution is -2.37. The van der Waals surface area contributed by atoms with Gasteiger partial charge in [0.25, 0.3) is 0 Å². The van der Waals surface area contributed by atoms with Crippen LogP contribution in [-0.2, 0) is 20.9 Å². The van der Waals surface area contributed by atoms with Gasteiger partial charge in [-0.25, -0.2) is 0 Å². The molecule has 1 aromatic carbocycles. The maximum atomic E-state index is 12.0. The maximum Gasteiger partial charge on any atom is 0.319 e. The zero-order chi connectivity index (χ0) is 15.6. The molecule has 0 aliphatic heterocycles. The summed E-state index contributed by atoms with van der Waals surface area (Å²) in [6.45, 7) is 3.45.